The van der Waals surface area contributed by atoms with Crippen LogP contribution in [0.5, 0.6) is 0 Å². The quantitative estimate of drug-likeness (QED) is 0.684. The number of rotatable bonds is 7. The van der Waals surface area contributed by atoms with Gasteiger partial charge in [0, 0.05) is 38.3 Å². The maximum absolute atomic E-state index is 12.9. The summed E-state index contributed by atoms with van der Waals surface area (Å²) in [4.78, 5) is 27.1. The Kier molecular flexibility index (Phi) is 7.29. The lowest BCUT2D eigenvalue weighted by Crippen LogP contribution is -2.45. The lowest BCUT2D eigenvalue weighted by molar-refractivity contribution is -0.126. The summed E-state index contributed by atoms with van der Waals surface area (Å²) in [6.07, 6.45) is 5.33. The summed E-state index contributed by atoms with van der Waals surface area (Å²) in [7, 11) is -3.48. The normalized spacial score (nSPS) is 20.6. The fourth-order valence-corrected chi connectivity index (χ4v) is 5.45. The standard InChI is InChI=1S/C21H31N3O4S/c1-2-3-12-22-20(25)18-7-6-13-23(16-18)21(26)17-8-10-19(11-9-17)29(27,28)24-14-4-5-15-24/h8-11,18H,2-7,12-16H2,1H3,(H,22,25). The third kappa shape index (κ3) is 5.17. The van der Waals surface area contributed by atoms with Crippen molar-refractivity contribution < 1.29 is 18.0 Å². The van der Waals surface area contributed by atoms with Crippen molar-refractivity contribution in [2.45, 2.75) is 50.3 Å². The number of carbonyl (C=O) groups excluding carboxylic acids is 2. The minimum Gasteiger partial charge on any atom is -0.356 e. The van der Waals surface area contributed by atoms with Gasteiger partial charge in [0.25, 0.3) is 5.91 Å². The number of amides is 2. The van der Waals surface area contributed by atoms with Gasteiger partial charge in [0.15, 0.2) is 0 Å². The van der Waals surface area contributed by atoms with Crippen LogP contribution >= 0.6 is 0 Å². The number of sulfonamides is 1. The van der Waals surface area contributed by atoms with Crippen molar-refractivity contribution in [3.63, 3.8) is 0 Å². The maximum atomic E-state index is 12.9. The fourth-order valence-electron chi connectivity index (χ4n) is 3.94. The van der Waals surface area contributed by atoms with Crippen molar-refractivity contribution in [1.82, 2.24) is 14.5 Å². The Hall–Kier alpha value is -1.93. The Balaban J connectivity index is 1.63. The molecule has 3 rings (SSSR count). The van der Waals surface area contributed by atoms with Crippen molar-refractivity contribution in [2.24, 2.45) is 5.92 Å². The fraction of sp³-hybridized carbons (Fsp3) is 0.619. The first kappa shape index (κ1) is 21.8. The summed E-state index contributed by atoms with van der Waals surface area (Å²) < 4.78 is 26.8. The van der Waals surface area contributed by atoms with Crippen LogP contribution in [0.25, 0.3) is 0 Å². The van der Waals surface area contributed by atoms with Crippen LogP contribution in [0.3, 0.4) is 0 Å². The molecule has 160 valence electrons. The highest BCUT2D eigenvalue weighted by atomic mass is 32.2. The maximum Gasteiger partial charge on any atom is 0.253 e. The molecule has 0 radical (unpaired) electrons. The predicted molar refractivity (Wildman–Crippen MR) is 111 cm³/mol. The minimum absolute atomic E-state index is 0.0167. The first-order chi connectivity index (χ1) is 13.9. The first-order valence-electron chi connectivity index (χ1n) is 10.6. The molecule has 2 amide bonds. The average molecular weight is 422 g/mol. The Morgan fingerprint density at radius 2 is 1.76 bits per heavy atom. The van der Waals surface area contributed by atoms with Gasteiger partial charge in [-0.15, -0.1) is 0 Å². The number of nitrogens with one attached hydrogen (secondary N) is 1. The van der Waals surface area contributed by atoms with Crippen LogP contribution in [0, 0.1) is 5.92 Å². The third-order valence-electron chi connectivity index (χ3n) is 5.71. The molecule has 0 saturated carbocycles. The van der Waals surface area contributed by atoms with Crippen LogP contribution in [0.4, 0.5) is 0 Å². The molecule has 0 aliphatic carbocycles. The first-order valence-corrected chi connectivity index (χ1v) is 12.0. The predicted octanol–water partition coefficient (Wildman–Crippen LogP) is 2.24. The van der Waals surface area contributed by atoms with Crippen LogP contribution in [0.15, 0.2) is 29.2 Å². The van der Waals surface area contributed by atoms with E-state index in [9.17, 15) is 18.0 Å². The largest absolute Gasteiger partial charge is 0.356 e. The van der Waals surface area contributed by atoms with Crippen LogP contribution in [-0.2, 0) is 14.8 Å². The lowest BCUT2D eigenvalue weighted by atomic mass is 9.96. The molecule has 1 atom stereocenters. The second kappa shape index (κ2) is 9.71. The summed E-state index contributed by atoms with van der Waals surface area (Å²) in [5, 5.41) is 2.96. The van der Waals surface area contributed by atoms with E-state index in [4.69, 9.17) is 0 Å². The highest BCUT2D eigenvalue weighted by Crippen LogP contribution is 2.23. The van der Waals surface area contributed by atoms with E-state index >= 15 is 0 Å². The van der Waals surface area contributed by atoms with E-state index in [-0.39, 0.29) is 22.6 Å². The molecule has 0 bridgehead atoms. The summed E-state index contributed by atoms with van der Waals surface area (Å²) >= 11 is 0. The van der Waals surface area contributed by atoms with Crippen molar-refractivity contribution in [2.75, 3.05) is 32.7 Å². The van der Waals surface area contributed by atoms with Crippen molar-refractivity contribution in [1.29, 1.82) is 0 Å². The summed E-state index contributed by atoms with van der Waals surface area (Å²) in [6.45, 7) is 4.88. The van der Waals surface area contributed by atoms with Gasteiger partial charge >= 0.3 is 0 Å². The van der Waals surface area contributed by atoms with E-state index in [1.807, 2.05) is 0 Å². The van der Waals surface area contributed by atoms with Crippen molar-refractivity contribution >= 4 is 21.8 Å². The zero-order chi connectivity index (χ0) is 20.9. The van der Waals surface area contributed by atoms with Gasteiger partial charge in [-0.2, -0.15) is 4.31 Å². The third-order valence-corrected chi connectivity index (χ3v) is 7.63. The molecule has 2 aliphatic rings. The second-order valence-corrected chi connectivity index (χ2v) is 9.81. The zero-order valence-electron chi connectivity index (χ0n) is 17.1. The topological polar surface area (TPSA) is 86.8 Å². The number of likely N-dealkylation sites (tertiary alicyclic amines) is 1. The molecule has 1 aromatic rings. The highest BCUT2D eigenvalue weighted by Gasteiger charge is 2.30. The van der Waals surface area contributed by atoms with Gasteiger partial charge in [-0.05, 0) is 56.4 Å². The van der Waals surface area contributed by atoms with Crippen molar-refractivity contribution in [3.8, 4) is 0 Å². The number of piperidine rings is 1. The van der Waals surface area contributed by atoms with Gasteiger partial charge in [0.2, 0.25) is 15.9 Å². The summed E-state index contributed by atoms with van der Waals surface area (Å²) in [5.41, 5.74) is 0.456. The van der Waals surface area contributed by atoms with E-state index in [0.29, 0.717) is 38.3 Å². The smallest absolute Gasteiger partial charge is 0.253 e. The molecule has 2 heterocycles. The van der Waals surface area contributed by atoms with E-state index < -0.39 is 10.0 Å². The molecule has 7 nitrogen and oxygen atoms in total. The van der Waals surface area contributed by atoms with E-state index in [0.717, 1.165) is 38.5 Å². The van der Waals surface area contributed by atoms with Crippen LogP contribution in [0.2, 0.25) is 0 Å². The van der Waals surface area contributed by atoms with Gasteiger partial charge in [-0.25, -0.2) is 8.42 Å². The monoisotopic (exact) mass is 421 g/mol. The van der Waals surface area contributed by atoms with Gasteiger partial charge in [-0.1, -0.05) is 13.3 Å². The molecule has 2 saturated heterocycles. The van der Waals surface area contributed by atoms with E-state index in [2.05, 4.69) is 12.2 Å². The molecular weight excluding hydrogens is 390 g/mol. The van der Waals surface area contributed by atoms with Crippen LogP contribution in [-0.4, -0.2) is 62.2 Å². The summed E-state index contributed by atoms with van der Waals surface area (Å²) in [5.74, 6) is -0.316. The number of carbonyl (C=O) groups is 2. The number of nitrogens with zero attached hydrogens (tertiary/aromatic N) is 2. The molecule has 1 aromatic carbocycles. The molecular formula is C21H31N3O4S. The van der Waals surface area contributed by atoms with Gasteiger partial charge in [0.05, 0.1) is 10.8 Å². The number of hydrogen-bond acceptors (Lipinski definition) is 4. The Morgan fingerprint density at radius 3 is 2.41 bits per heavy atom. The molecule has 1 N–H and O–H groups in total. The van der Waals surface area contributed by atoms with E-state index in [1.54, 1.807) is 17.0 Å². The van der Waals surface area contributed by atoms with Gasteiger partial charge in [-0.3, -0.25) is 9.59 Å². The SMILES string of the molecule is CCCCNC(=O)C1CCCN(C(=O)c2ccc(S(=O)(=O)N3CCCC3)cc2)C1. The van der Waals surface area contributed by atoms with Crippen molar-refractivity contribution in [3.05, 3.63) is 29.8 Å². The zero-order valence-corrected chi connectivity index (χ0v) is 17.9. The lowest BCUT2D eigenvalue weighted by Gasteiger charge is -2.32. The minimum atomic E-state index is -3.48. The van der Waals surface area contributed by atoms with Crippen LogP contribution in [0.1, 0.15) is 55.8 Å². The molecule has 0 spiro atoms. The Morgan fingerprint density at radius 1 is 1.07 bits per heavy atom. The molecule has 2 fully saturated rings. The molecule has 2 aliphatic heterocycles. The molecule has 8 heteroatoms. The Bertz CT molecular complexity index is 817. The molecule has 1 unspecified atom stereocenters. The number of hydrogen-bond donors (Lipinski definition) is 1. The number of benzene rings is 1. The summed E-state index contributed by atoms with van der Waals surface area (Å²) in [6, 6.07) is 6.19. The molecule has 0 aromatic heterocycles. The van der Waals surface area contributed by atoms with Gasteiger partial charge < -0.3 is 10.2 Å². The molecule has 29 heavy (non-hydrogen) atoms. The highest BCUT2D eigenvalue weighted by molar-refractivity contribution is 7.89. The van der Waals surface area contributed by atoms with E-state index in [1.165, 1.54) is 16.4 Å². The average Bonchev–Trinajstić information content (AvgIpc) is 3.29. The van der Waals surface area contributed by atoms with Gasteiger partial charge in [0.1, 0.15) is 0 Å². The number of unbranched alkanes of at least 4 members (excludes halogenated alkanes) is 1. The Labute approximate surface area is 173 Å². The van der Waals surface area contributed by atoms with Crippen LogP contribution < -0.4 is 5.32 Å². The second-order valence-electron chi connectivity index (χ2n) is 7.87.